The minimum atomic E-state index is -0.258. The topological polar surface area (TPSA) is 59.8 Å². The van der Waals surface area contributed by atoms with Crippen molar-refractivity contribution in [3.63, 3.8) is 0 Å². The maximum absolute atomic E-state index is 12.7. The van der Waals surface area contributed by atoms with Gasteiger partial charge in [0, 0.05) is 12.7 Å². The molecule has 6 heteroatoms. The van der Waals surface area contributed by atoms with Crippen molar-refractivity contribution >= 4 is 28.5 Å². The number of aryl methyl sites for hydroxylation is 2. The third-order valence-corrected chi connectivity index (χ3v) is 5.02. The molecule has 28 heavy (non-hydrogen) atoms. The summed E-state index contributed by atoms with van der Waals surface area (Å²) in [5, 5.41) is 8.52. The molecule has 2 aromatic heterocycles. The van der Waals surface area contributed by atoms with Gasteiger partial charge >= 0.3 is 0 Å². The minimum Gasteiger partial charge on any atom is -0.348 e. The zero-order chi connectivity index (χ0) is 19.7. The number of nitrogens with one attached hydrogen (secondary N) is 1. The molecule has 0 saturated carbocycles. The molecular weight excluding hydrogens is 372 g/mol. The van der Waals surface area contributed by atoms with Crippen molar-refractivity contribution in [1.29, 1.82) is 0 Å². The Balaban J connectivity index is 1.65. The first-order chi connectivity index (χ1) is 13.5. The average molecular weight is 391 g/mol. The Bertz CT molecular complexity index is 1150. The Hall–Kier alpha value is -3.18. The second-order valence-corrected chi connectivity index (χ2v) is 7.06. The number of carbonyl (C=O) groups excluding carboxylic acids is 1. The summed E-state index contributed by atoms with van der Waals surface area (Å²) in [5.74, 6) is -0.258. The first-order valence-corrected chi connectivity index (χ1v) is 9.35. The van der Waals surface area contributed by atoms with E-state index in [0.29, 0.717) is 28.2 Å². The van der Waals surface area contributed by atoms with Gasteiger partial charge in [-0.1, -0.05) is 59.6 Å². The molecule has 2 heterocycles. The highest BCUT2D eigenvalue weighted by Crippen LogP contribution is 2.29. The Morgan fingerprint density at radius 1 is 1.07 bits per heavy atom. The fraction of sp³-hybridized carbons (Fsp3) is 0.136. The summed E-state index contributed by atoms with van der Waals surface area (Å²) in [5.41, 5.74) is 4.79. The monoisotopic (exact) mass is 390 g/mol. The summed E-state index contributed by atoms with van der Waals surface area (Å²) in [6.45, 7) is 4.32. The molecule has 0 bridgehead atoms. The van der Waals surface area contributed by atoms with Crippen molar-refractivity contribution in [3.05, 3.63) is 88.2 Å². The molecule has 4 aromatic rings. The highest BCUT2D eigenvalue weighted by atomic mass is 35.5. The number of para-hydroxylation sites is 1. The van der Waals surface area contributed by atoms with E-state index < -0.39 is 0 Å². The zero-order valence-electron chi connectivity index (χ0n) is 15.6. The molecular formula is C22H19ClN4O. The van der Waals surface area contributed by atoms with E-state index in [0.717, 1.165) is 16.9 Å². The summed E-state index contributed by atoms with van der Waals surface area (Å²) in [6, 6.07) is 17.7. The van der Waals surface area contributed by atoms with Crippen LogP contribution in [0.15, 0.2) is 60.8 Å². The van der Waals surface area contributed by atoms with E-state index in [1.807, 2.05) is 68.4 Å². The summed E-state index contributed by atoms with van der Waals surface area (Å²) in [4.78, 5) is 17.2. The van der Waals surface area contributed by atoms with Crippen LogP contribution in [0.4, 0.5) is 0 Å². The molecule has 0 atom stereocenters. The molecule has 0 saturated heterocycles. The number of nitrogens with zero attached hydrogens (tertiary/aromatic N) is 3. The van der Waals surface area contributed by atoms with E-state index in [1.54, 1.807) is 4.68 Å². The van der Waals surface area contributed by atoms with Gasteiger partial charge in [0.15, 0.2) is 5.65 Å². The van der Waals surface area contributed by atoms with Crippen molar-refractivity contribution in [3.8, 4) is 5.69 Å². The van der Waals surface area contributed by atoms with E-state index >= 15 is 0 Å². The smallest absolute Gasteiger partial charge is 0.254 e. The van der Waals surface area contributed by atoms with Crippen LogP contribution >= 0.6 is 11.6 Å². The molecule has 5 nitrogen and oxygen atoms in total. The largest absolute Gasteiger partial charge is 0.348 e. The Labute approximate surface area is 168 Å². The maximum atomic E-state index is 12.7. The van der Waals surface area contributed by atoms with Crippen LogP contribution in [0.3, 0.4) is 0 Å². The number of fused-ring (bicyclic) bond motifs is 1. The lowest BCUT2D eigenvalue weighted by atomic mass is 10.1. The molecule has 1 N–H and O–H groups in total. The van der Waals surface area contributed by atoms with Gasteiger partial charge in [-0.15, -0.1) is 0 Å². The van der Waals surface area contributed by atoms with Crippen molar-refractivity contribution < 1.29 is 4.79 Å². The predicted octanol–water partition coefficient (Wildman–Crippen LogP) is 4.62. The predicted molar refractivity (Wildman–Crippen MR) is 111 cm³/mol. The van der Waals surface area contributed by atoms with Crippen LogP contribution < -0.4 is 5.32 Å². The Morgan fingerprint density at radius 2 is 1.79 bits per heavy atom. The Kier molecular flexibility index (Phi) is 4.84. The number of pyridine rings is 1. The number of hydrogen-bond donors (Lipinski definition) is 1. The number of hydrogen-bond acceptors (Lipinski definition) is 3. The number of aromatic nitrogens is 3. The van der Waals surface area contributed by atoms with Crippen molar-refractivity contribution in [1.82, 2.24) is 20.1 Å². The number of carbonyl (C=O) groups is 1. The molecule has 4 rings (SSSR count). The first kappa shape index (κ1) is 18.2. The van der Waals surface area contributed by atoms with Crippen LogP contribution in [0.1, 0.15) is 27.2 Å². The van der Waals surface area contributed by atoms with Crippen molar-refractivity contribution in [2.45, 2.75) is 20.4 Å². The van der Waals surface area contributed by atoms with Crippen molar-refractivity contribution in [2.24, 2.45) is 0 Å². The van der Waals surface area contributed by atoms with Crippen LogP contribution in [0, 0.1) is 13.8 Å². The number of benzene rings is 2. The summed E-state index contributed by atoms with van der Waals surface area (Å²) < 4.78 is 1.74. The van der Waals surface area contributed by atoms with Crippen LogP contribution in [-0.2, 0) is 6.54 Å². The third kappa shape index (κ3) is 3.37. The molecule has 0 aliphatic carbocycles. The molecule has 140 valence electrons. The molecule has 0 spiro atoms. The zero-order valence-corrected chi connectivity index (χ0v) is 16.4. The normalized spacial score (nSPS) is 11.0. The second-order valence-electron chi connectivity index (χ2n) is 6.69. The summed E-state index contributed by atoms with van der Waals surface area (Å²) in [7, 11) is 0. The molecule has 0 aliphatic heterocycles. The third-order valence-electron chi connectivity index (χ3n) is 4.63. The fourth-order valence-electron chi connectivity index (χ4n) is 3.10. The van der Waals surface area contributed by atoms with Gasteiger partial charge in [0.25, 0.3) is 5.91 Å². The van der Waals surface area contributed by atoms with Crippen LogP contribution in [0.5, 0.6) is 0 Å². The lowest BCUT2D eigenvalue weighted by molar-refractivity contribution is 0.0951. The quantitative estimate of drug-likeness (QED) is 0.553. The number of halogens is 1. The highest BCUT2D eigenvalue weighted by molar-refractivity contribution is 6.38. The van der Waals surface area contributed by atoms with Gasteiger partial charge in [-0.25, -0.2) is 9.67 Å². The van der Waals surface area contributed by atoms with Crippen LogP contribution in [0.25, 0.3) is 16.7 Å². The van der Waals surface area contributed by atoms with Gasteiger partial charge in [-0.2, -0.15) is 5.10 Å². The van der Waals surface area contributed by atoms with E-state index in [9.17, 15) is 4.79 Å². The van der Waals surface area contributed by atoms with Gasteiger partial charge in [0.2, 0.25) is 0 Å². The fourth-order valence-corrected chi connectivity index (χ4v) is 3.46. The van der Waals surface area contributed by atoms with Gasteiger partial charge < -0.3 is 5.32 Å². The average Bonchev–Trinajstić information content (AvgIpc) is 3.05. The standard InChI is InChI=1S/C22H19ClN4O/c1-14-8-10-16(11-9-14)12-25-22(28)18-13-24-21-19(20(18)23)15(2)26-27(21)17-6-4-3-5-7-17/h3-11,13H,12H2,1-2H3,(H,25,28). The first-order valence-electron chi connectivity index (χ1n) is 8.97. The molecule has 1 amide bonds. The van der Waals surface area contributed by atoms with Gasteiger partial charge in [-0.05, 0) is 31.5 Å². The van der Waals surface area contributed by atoms with Gasteiger partial charge in [0.05, 0.1) is 27.4 Å². The lowest BCUT2D eigenvalue weighted by Gasteiger charge is -2.08. The lowest BCUT2D eigenvalue weighted by Crippen LogP contribution is -2.23. The minimum absolute atomic E-state index is 0.258. The molecule has 0 aliphatic rings. The highest BCUT2D eigenvalue weighted by Gasteiger charge is 2.19. The van der Waals surface area contributed by atoms with Crippen molar-refractivity contribution in [2.75, 3.05) is 0 Å². The summed E-state index contributed by atoms with van der Waals surface area (Å²) in [6.07, 6.45) is 1.51. The van der Waals surface area contributed by atoms with E-state index in [-0.39, 0.29) is 5.91 Å². The molecule has 0 unspecified atom stereocenters. The van der Waals surface area contributed by atoms with E-state index in [1.165, 1.54) is 11.8 Å². The molecule has 0 fully saturated rings. The number of amides is 1. The van der Waals surface area contributed by atoms with E-state index in [2.05, 4.69) is 15.4 Å². The maximum Gasteiger partial charge on any atom is 0.254 e. The second kappa shape index (κ2) is 7.44. The van der Waals surface area contributed by atoms with Gasteiger partial charge in [-0.3, -0.25) is 4.79 Å². The SMILES string of the molecule is Cc1ccc(CNC(=O)c2cnc3c(c(C)nn3-c3ccccc3)c2Cl)cc1. The Morgan fingerprint density at radius 3 is 2.50 bits per heavy atom. The molecule has 0 radical (unpaired) electrons. The van der Waals surface area contributed by atoms with Crippen LogP contribution in [-0.4, -0.2) is 20.7 Å². The number of rotatable bonds is 4. The summed E-state index contributed by atoms with van der Waals surface area (Å²) >= 11 is 6.59. The van der Waals surface area contributed by atoms with E-state index in [4.69, 9.17) is 11.6 Å². The van der Waals surface area contributed by atoms with Gasteiger partial charge in [0.1, 0.15) is 0 Å². The van der Waals surface area contributed by atoms with Crippen LogP contribution in [0.2, 0.25) is 5.02 Å². The molecule has 2 aromatic carbocycles.